The minimum absolute atomic E-state index is 0.249. The highest BCUT2D eigenvalue weighted by molar-refractivity contribution is 6.30. The molecule has 0 unspecified atom stereocenters. The molecule has 1 aliphatic rings. The van der Waals surface area contributed by atoms with E-state index in [4.69, 9.17) is 16.0 Å². The summed E-state index contributed by atoms with van der Waals surface area (Å²) in [6.45, 7) is 0. The first-order valence-corrected chi connectivity index (χ1v) is 6.01. The molecule has 0 bridgehead atoms. The molecule has 1 N–H and O–H groups in total. The fourth-order valence-corrected chi connectivity index (χ4v) is 1.85. The van der Waals surface area contributed by atoms with E-state index >= 15 is 0 Å². The van der Waals surface area contributed by atoms with Crippen molar-refractivity contribution in [2.24, 2.45) is 4.99 Å². The topological polar surface area (TPSA) is 54.6 Å². The molecule has 1 aromatic heterocycles. The number of hydrogen-bond donors (Lipinski definition) is 1. The van der Waals surface area contributed by atoms with E-state index in [1.54, 1.807) is 48.7 Å². The van der Waals surface area contributed by atoms with Gasteiger partial charge in [0.1, 0.15) is 17.3 Å². The molecule has 0 aliphatic carbocycles. The third kappa shape index (κ3) is 2.44. The highest BCUT2D eigenvalue weighted by Crippen LogP contribution is 2.16. The average molecular weight is 273 g/mol. The number of benzene rings is 1. The van der Waals surface area contributed by atoms with Crippen LogP contribution in [0, 0.1) is 0 Å². The lowest BCUT2D eigenvalue weighted by Crippen LogP contribution is -2.24. The van der Waals surface area contributed by atoms with Crippen molar-refractivity contribution < 1.29 is 9.21 Å². The zero-order valence-electron chi connectivity index (χ0n) is 9.76. The van der Waals surface area contributed by atoms with Crippen molar-refractivity contribution in [2.75, 3.05) is 0 Å². The van der Waals surface area contributed by atoms with Gasteiger partial charge in [-0.05, 0) is 36.4 Å². The number of amidine groups is 1. The summed E-state index contributed by atoms with van der Waals surface area (Å²) in [5.74, 6) is 0.854. The van der Waals surface area contributed by atoms with Crippen LogP contribution in [0.3, 0.4) is 0 Å². The van der Waals surface area contributed by atoms with Gasteiger partial charge in [-0.3, -0.25) is 4.79 Å². The van der Waals surface area contributed by atoms with Gasteiger partial charge in [-0.2, -0.15) is 0 Å². The summed E-state index contributed by atoms with van der Waals surface area (Å²) in [6.07, 6.45) is 3.14. The first-order valence-electron chi connectivity index (χ1n) is 5.63. The summed E-state index contributed by atoms with van der Waals surface area (Å²) in [6, 6.07) is 10.6. The monoisotopic (exact) mass is 272 g/mol. The van der Waals surface area contributed by atoms with Crippen molar-refractivity contribution in [2.45, 2.75) is 0 Å². The highest BCUT2D eigenvalue weighted by Gasteiger charge is 2.21. The molecule has 94 valence electrons. The summed E-state index contributed by atoms with van der Waals surface area (Å²) in [5.41, 5.74) is 1.13. The van der Waals surface area contributed by atoms with Gasteiger partial charge < -0.3 is 9.73 Å². The van der Waals surface area contributed by atoms with Gasteiger partial charge in [-0.1, -0.05) is 11.6 Å². The number of carbonyl (C=O) groups is 1. The van der Waals surface area contributed by atoms with Gasteiger partial charge in [-0.15, -0.1) is 0 Å². The molecule has 0 radical (unpaired) electrons. The molecule has 0 fully saturated rings. The predicted molar refractivity (Wildman–Crippen MR) is 72.8 cm³/mol. The molecule has 4 nitrogen and oxygen atoms in total. The van der Waals surface area contributed by atoms with E-state index in [0.717, 1.165) is 5.56 Å². The molecule has 3 rings (SSSR count). The molecule has 1 aromatic carbocycles. The van der Waals surface area contributed by atoms with Crippen molar-refractivity contribution in [1.29, 1.82) is 0 Å². The number of amides is 1. The lowest BCUT2D eigenvalue weighted by Gasteiger charge is -1.99. The second-order valence-corrected chi connectivity index (χ2v) is 4.40. The minimum Gasteiger partial charge on any atom is -0.465 e. The number of hydrogen-bond acceptors (Lipinski definition) is 3. The van der Waals surface area contributed by atoms with Crippen LogP contribution in [0.5, 0.6) is 0 Å². The summed E-state index contributed by atoms with van der Waals surface area (Å²) >= 11 is 5.82. The summed E-state index contributed by atoms with van der Waals surface area (Å²) in [4.78, 5) is 16.0. The van der Waals surface area contributed by atoms with E-state index < -0.39 is 0 Å². The zero-order chi connectivity index (χ0) is 13.2. The molecule has 0 spiro atoms. The van der Waals surface area contributed by atoms with E-state index in [1.807, 2.05) is 0 Å². The molecule has 0 saturated heterocycles. The van der Waals surface area contributed by atoms with Gasteiger partial charge >= 0.3 is 0 Å². The van der Waals surface area contributed by atoms with E-state index in [-0.39, 0.29) is 5.91 Å². The predicted octanol–water partition coefficient (Wildman–Crippen LogP) is 2.85. The highest BCUT2D eigenvalue weighted by atomic mass is 35.5. The Hall–Kier alpha value is -2.33. The molecule has 2 aromatic rings. The normalized spacial score (nSPS) is 16.6. The first kappa shape index (κ1) is 11.7. The molecule has 1 aliphatic heterocycles. The van der Waals surface area contributed by atoms with Crippen LogP contribution in [0.15, 0.2) is 57.8 Å². The zero-order valence-corrected chi connectivity index (χ0v) is 10.5. The SMILES string of the molecule is O=C1NC(c2ccc(Cl)cc2)=N/C1=C\c1ccco1. The van der Waals surface area contributed by atoms with Crippen LogP contribution in [0.4, 0.5) is 0 Å². The third-order valence-corrected chi connectivity index (χ3v) is 2.89. The Morgan fingerprint density at radius 3 is 2.68 bits per heavy atom. The lowest BCUT2D eigenvalue weighted by molar-refractivity contribution is -0.115. The van der Waals surface area contributed by atoms with Crippen LogP contribution in [-0.2, 0) is 4.79 Å². The van der Waals surface area contributed by atoms with Crippen LogP contribution in [-0.4, -0.2) is 11.7 Å². The Bertz CT molecular complexity index is 670. The largest absolute Gasteiger partial charge is 0.465 e. The molecule has 19 heavy (non-hydrogen) atoms. The quantitative estimate of drug-likeness (QED) is 0.855. The lowest BCUT2D eigenvalue weighted by atomic mass is 10.2. The van der Waals surface area contributed by atoms with Crippen LogP contribution in [0.25, 0.3) is 6.08 Å². The Morgan fingerprint density at radius 1 is 1.21 bits per heavy atom. The number of nitrogens with zero attached hydrogens (tertiary/aromatic N) is 1. The summed E-state index contributed by atoms with van der Waals surface area (Å²) in [7, 11) is 0. The number of halogens is 1. The van der Waals surface area contributed by atoms with E-state index in [2.05, 4.69) is 10.3 Å². The molecule has 2 heterocycles. The van der Waals surface area contributed by atoms with Gasteiger partial charge in [0.05, 0.1) is 6.26 Å². The molecular formula is C14H9ClN2O2. The first-order chi connectivity index (χ1) is 9.22. The van der Waals surface area contributed by atoms with Crippen LogP contribution in [0.1, 0.15) is 11.3 Å². The van der Waals surface area contributed by atoms with E-state index in [1.165, 1.54) is 0 Å². The van der Waals surface area contributed by atoms with Gasteiger partial charge in [0.25, 0.3) is 5.91 Å². The van der Waals surface area contributed by atoms with Gasteiger partial charge in [-0.25, -0.2) is 4.99 Å². The maximum Gasteiger partial charge on any atom is 0.275 e. The Balaban J connectivity index is 1.93. The van der Waals surface area contributed by atoms with Gasteiger partial charge in [0, 0.05) is 16.7 Å². The minimum atomic E-state index is -0.249. The van der Waals surface area contributed by atoms with E-state index in [0.29, 0.717) is 22.3 Å². The second kappa shape index (κ2) is 4.74. The number of rotatable bonds is 2. The maximum absolute atomic E-state index is 11.8. The standard InChI is InChI=1S/C14H9ClN2O2/c15-10-5-3-9(4-6-10)13-16-12(14(18)17-13)8-11-2-1-7-19-11/h1-8H,(H,16,17,18)/b12-8-. The molecule has 0 saturated carbocycles. The van der Waals surface area contributed by atoms with Crippen LogP contribution in [0.2, 0.25) is 5.02 Å². The summed E-state index contributed by atoms with van der Waals surface area (Å²) < 4.78 is 5.16. The molecule has 5 heteroatoms. The molecule has 0 atom stereocenters. The molecule has 1 amide bonds. The van der Waals surface area contributed by atoms with Crippen LogP contribution < -0.4 is 5.32 Å². The third-order valence-electron chi connectivity index (χ3n) is 2.64. The van der Waals surface area contributed by atoms with Crippen molar-refractivity contribution in [3.8, 4) is 0 Å². The van der Waals surface area contributed by atoms with Gasteiger partial charge in [0.2, 0.25) is 0 Å². The van der Waals surface area contributed by atoms with E-state index in [9.17, 15) is 4.79 Å². The van der Waals surface area contributed by atoms with Crippen molar-refractivity contribution >= 4 is 29.4 Å². The number of furan rings is 1. The fourth-order valence-electron chi connectivity index (χ4n) is 1.72. The fraction of sp³-hybridized carbons (Fsp3) is 0. The number of aliphatic imine (C=N–C) groups is 1. The maximum atomic E-state index is 11.8. The van der Waals surface area contributed by atoms with Crippen LogP contribution >= 0.6 is 11.6 Å². The Labute approximate surface area is 114 Å². The summed E-state index contributed by atoms with van der Waals surface area (Å²) in [5, 5.41) is 3.35. The Morgan fingerprint density at radius 2 is 2.00 bits per heavy atom. The number of nitrogens with one attached hydrogen (secondary N) is 1. The average Bonchev–Trinajstić information content (AvgIpc) is 3.02. The number of carbonyl (C=O) groups excluding carboxylic acids is 1. The van der Waals surface area contributed by atoms with Crippen molar-refractivity contribution in [3.05, 3.63) is 64.7 Å². The molecular weight excluding hydrogens is 264 g/mol. The van der Waals surface area contributed by atoms with Gasteiger partial charge in [0.15, 0.2) is 0 Å². The van der Waals surface area contributed by atoms with Crippen molar-refractivity contribution in [1.82, 2.24) is 5.32 Å². The van der Waals surface area contributed by atoms with Crippen molar-refractivity contribution in [3.63, 3.8) is 0 Å². The smallest absolute Gasteiger partial charge is 0.275 e. The second-order valence-electron chi connectivity index (χ2n) is 3.97. The Kier molecular flexibility index (Phi) is 2.93.